The molecule has 0 radical (unpaired) electrons. The summed E-state index contributed by atoms with van der Waals surface area (Å²) in [4.78, 5) is 126. The van der Waals surface area contributed by atoms with E-state index in [9.17, 15) is 53.4 Å². The number of nitrogens with one attached hydrogen (secondary N) is 7. The highest BCUT2D eigenvalue weighted by molar-refractivity contribution is 8.76. The first-order chi connectivity index (χ1) is 37.9. The molecule has 80 heavy (non-hydrogen) atoms. The van der Waals surface area contributed by atoms with E-state index in [1.54, 1.807) is 45.0 Å². The van der Waals surface area contributed by atoms with Crippen molar-refractivity contribution in [3.05, 3.63) is 130 Å². The highest BCUT2D eigenvalue weighted by Crippen LogP contribution is 2.26. The maximum absolute atomic E-state index is 14.8. The van der Waals surface area contributed by atoms with Crippen LogP contribution in [0.3, 0.4) is 0 Å². The van der Waals surface area contributed by atoms with Crippen LogP contribution in [0.2, 0.25) is 5.02 Å². The van der Waals surface area contributed by atoms with Gasteiger partial charge in [0.15, 0.2) is 0 Å². The van der Waals surface area contributed by atoms with E-state index in [1.165, 1.54) is 72.8 Å². The Labute approximate surface area is 476 Å². The van der Waals surface area contributed by atoms with Gasteiger partial charge in [-0.3, -0.25) is 43.2 Å². The third-order valence-electron chi connectivity index (χ3n) is 12.9. The van der Waals surface area contributed by atoms with E-state index >= 15 is 0 Å². The standard InChI is InChI=1S/C55H70ClN11O11S2/c1-55(2,3)45-54(78)66-44(52(76)62-40(47(60)71)25-32-11-19-36(68)20-12-32)29-80-79-28-43(65-48(72)38(58)24-30-9-17-35(56)18-10-30)53(77)64-42(27-33-13-21-37(69)22-14-33)51(75)63-41(26-31-7-15-34(16-8-31)46(59)70)50(74)61-39(49(73)67-45)6-4-5-23-57/h7-22,38-45,68-69H,4-6,23-29,57-58H2,1-3H3,(H2,59,70)(H2,60,71)(H,61,74)(H,62,76)(H,63,75)(H,64,77)(H,65,72)(H,66,78)(H,67,73)/t38-,39-,40+,41+,42-,43+,44-,45?/m0/s1. The van der Waals surface area contributed by atoms with Crippen LogP contribution < -0.4 is 60.2 Å². The Kier molecular flexibility index (Phi) is 24.0. The number of hydrogen-bond acceptors (Lipinski definition) is 15. The van der Waals surface area contributed by atoms with Gasteiger partial charge in [0.05, 0.1) is 6.04 Å². The molecule has 4 aromatic carbocycles. The van der Waals surface area contributed by atoms with Gasteiger partial charge in [0, 0.05) is 41.4 Å². The number of halogens is 1. The third-order valence-corrected chi connectivity index (χ3v) is 15.5. The Morgan fingerprint density at radius 2 is 1.12 bits per heavy atom. The average molecular weight is 1160 g/mol. The quantitative estimate of drug-likeness (QED) is 0.0486. The van der Waals surface area contributed by atoms with E-state index in [4.69, 9.17) is 34.5 Å². The minimum absolute atomic E-state index is 0.0195. The van der Waals surface area contributed by atoms with E-state index in [0.717, 1.165) is 21.6 Å². The van der Waals surface area contributed by atoms with Gasteiger partial charge in [-0.1, -0.05) is 102 Å². The zero-order valence-corrected chi connectivity index (χ0v) is 46.9. The number of unbranched alkanes of at least 4 members (excludes halogenated alkanes) is 1. The Bertz CT molecular complexity index is 2810. The van der Waals surface area contributed by atoms with Crippen LogP contribution in [-0.4, -0.2) is 130 Å². The van der Waals surface area contributed by atoms with Crippen molar-refractivity contribution in [1.82, 2.24) is 37.2 Å². The second-order valence-electron chi connectivity index (χ2n) is 20.4. The molecule has 0 spiro atoms. The summed E-state index contributed by atoms with van der Waals surface area (Å²) < 4.78 is 0. The summed E-state index contributed by atoms with van der Waals surface area (Å²) in [5, 5.41) is 39.5. The number of benzene rings is 4. The molecule has 8 atom stereocenters. The van der Waals surface area contributed by atoms with Gasteiger partial charge in [-0.05, 0) is 108 Å². The molecule has 430 valence electrons. The lowest BCUT2D eigenvalue weighted by molar-refractivity contribution is -0.136. The number of phenols is 2. The van der Waals surface area contributed by atoms with Crippen LogP contribution in [0.4, 0.5) is 0 Å². The van der Waals surface area contributed by atoms with Gasteiger partial charge in [0.1, 0.15) is 53.8 Å². The highest BCUT2D eigenvalue weighted by atomic mass is 35.5. The van der Waals surface area contributed by atoms with Crippen molar-refractivity contribution in [2.24, 2.45) is 28.3 Å². The van der Waals surface area contributed by atoms with Crippen LogP contribution in [0.5, 0.6) is 11.5 Å². The van der Waals surface area contributed by atoms with E-state index in [0.29, 0.717) is 40.1 Å². The number of carbonyl (C=O) groups excluding carboxylic acids is 9. The number of carbonyl (C=O) groups is 9. The van der Waals surface area contributed by atoms with Crippen LogP contribution in [0.15, 0.2) is 97.1 Å². The Morgan fingerprint density at radius 3 is 1.66 bits per heavy atom. The average Bonchev–Trinajstić information content (AvgIpc) is 3.41. The van der Waals surface area contributed by atoms with Crippen molar-refractivity contribution in [2.45, 2.75) is 114 Å². The largest absolute Gasteiger partial charge is 0.508 e. The van der Waals surface area contributed by atoms with Crippen LogP contribution in [0.1, 0.15) is 72.6 Å². The predicted octanol–water partition coefficient (Wildman–Crippen LogP) is 0.897. The Hall–Kier alpha value is -7.38. The molecule has 1 fully saturated rings. The van der Waals surface area contributed by atoms with Gasteiger partial charge >= 0.3 is 0 Å². The van der Waals surface area contributed by atoms with Crippen molar-refractivity contribution < 1.29 is 53.4 Å². The summed E-state index contributed by atoms with van der Waals surface area (Å²) in [6.07, 6.45) is 0.325. The van der Waals surface area contributed by atoms with Gasteiger partial charge in [-0.15, -0.1) is 0 Å². The summed E-state index contributed by atoms with van der Waals surface area (Å²) >= 11 is 6.08. The van der Waals surface area contributed by atoms with Gasteiger partial charge in [0.25, 0.3) is 0 Å². The van der Waals surface area contributed by atoms with Crippen LogP contribution >= 0.6 is 33.2 Å². The zero-order valence-electron chi connectivity index (χ0n) is 44.5. The van der Waals surface area contributed by atoms with E-state index in [2.05, 4.69) is 37.2 Å². The first-order valence-electron chi connectivity index (χ1n) is 25.7. The number of aromatic hydroxyl groups is 2. The fourth-order valence-electron chi connectivity index (χ4n) is 8.29. The number of hydrogen-bond donors (Lipinski definition) is 13. The number of rotatable bonds is 18. The van der Waals surface area contributed by atoms with Crippen LogP contribution in [0, 0.1) is 5.41 Å². The number of phenolic OH excluding ortho intramolecular Hbond substituents is 2. The van der Waals surface area contributed by atoms with Crippen LogP contribution in [0.25, 0.3) is 0 Å². The lowest BCUT2D eigenvalue weighted by atomic mass is 9.85. The maximum Gasteiger partial charge on any atom is 0.248 e. The Balaban J connectivity index is 1.59. The summed E-state index contributed by atoms with van der Waals surface area (Å²) in [5.41, 5.74) is 24.7. The molecule has 9 amide bonds. The molecule has 0 aromatic heterocycles. The molecule has 1 heterocycles. The first kappa shape index (κ1) is 63.5. The fraction of sp³-hybridized carbons (Fsp3) is 0.400. The van der Waals surface area contributed by atoms with Gasteiger partial charge in [-0.2, -0.15) is 0 Å². The normalized spacial score (nSPS) is 20.8. The molecule has 5 rings (SSSR count). The van der Waals surface area contributed by atoms with Crippen LogP contribution in [-0.2, 0) is 64.0 Å². The first-order valence-corrected chi connectivity index (χ1v) is 28.6. The molecule has 4 aromatic rings. The molecule has 17 N–H and O–H groups in total. The minimum atomic E-state index is -1.47. The molecule has 1 aliphatic rings. The number of amides is 9. The Morgan fingerprint density at radius 1 is 0.637 bits per heavy atom. The molecular formula is C55H70ClN11O11S2. The van der Waals surface area contributed by atoms with Gasteiger partial charge in [0.2, 0.25) is 53.2 Å². The molecular weight excluding hydrogens is 1090 g/mol. The second kappa shape index (κ2) is 30.3. The maximum atomic E-state index is 14.8. The van der Waals surface area contributed by atoms with Crippen molar-refractivity contribution in [1.29, 1.82) is 0 Å². The monoisotopic (exact) mass is 1160 g/mol. The molecule has 0 bridgehead atoms. The van der Waals surface area contributed by atoms with Crippen molar-refractivity contribution in [3.63, 3.8) is 0 Å². The molecule has 25 heteroatoms. The molecule has 1 aliphatic heterocycles. The van der Waals surface area contributed by atoms with E-state index in [-0.39, 0.29) is 67.2 Å². The molecule has 0 saturated carbocycles. The lowest BCUT2D eigenvalue weighted by Crippen LogP contribution is -2.63. The van der Waals surface area contributed by atoms with E-state index < -0.39 is 107 Å². The SMILES string of the molecule is CC(C)(C)C1NC(=O)[C@H](CCCCN)NC(=O)[C@@H](Cc2ccc(C(N)=O)cc2)NC(=O)[C@H](Cc2ccc(O)cc2)NC(=O)[C@H](NC(=O)[C@@H](N)Cc2ccc(Cl)cc2)CSSC[C@@H](C(=O)N[C@H](Cc2ccc(O)cc2)C(N)=O)NC1=O. The van der Waals surface area contributed by atoms with E-state index in [1.807, 2.05) is 0 Å². The topological polar surface area (TPSA) is 382 Å². The summed E-state index contributed by atoms with van der Waals surface area (Å²) in [7, 11) is 2.01. The lowest BCUT2D eigenvalue weighted by Gasteiger charge is -2.33. The molecule has 0 aliphatic carbocycles. The highest BCUT2D eigenvalue weighted by Gasteiger charge is 2.39. The summed E-state index contributed by atoms with van der Waals surface area (Å²) in [6.45, 7) is 5.25. The van der Waals surface area contributed by atoms with Crippen molar-refractivity contribution in [3.8, 4) is 11.5 Å². The molecule has 1 unspecified atom stereocenters. The third kappa shape index (κ3) is 20.1. The second-order valence-corrected chi connectivity index (χ2v) is 23.4. The minimum Gasteiger partial charge on any atom is -0.508 e. The number of primary amides is 2. The smallest absolute Gasteiger partial charge is 0.248 e. The van der Waals surface area contributed by atoms with Gasteiger partial charge < -0.3 is 70.4 Å². The number of nitrogens with two attached hydrogens (primary N) is 4. The van der Waals surface area contributed by atoms with Crippen molar-refractivity contribution in [2.75, 3.05) is 18.1 Å². The summed E-state index contributed by atoms with van der Waals surface area (Å²) in [6, 6.07) is 13.3. The predicted molar refractivity (Wildman–Crippen MR) is 305 cm³/mol. The molecule has 1 saturated heterocycles. The fourth-order valence-corrected chi connectivity index (χ4v) is 10.7. The van der Waals surface area contributed by atoms with Gasteiger partial charge in [-0.25, -0.2) is 0 Å². The molecule has 22 nitrogen and oxygen atoms in total. The summed E-state index contributed by atoms with van der Waals surface area (Å²) in [5.74, 6) is -7.99. The zero-order chi connectivity index (χ0) is 58.7. The van der Waals surface area contributed by atoms with Crippen molar-refractivity contribution >= 4 is 86.4 Å².